The van der Waals surface area contributed by atoms with Gasteiger partial charge in [-0.1, -0.05) is 38.3 Å². The molecule has 0 unspecified atom stereocenters. The van der Waals surface area contributed by atoms with Gasteiger partial charge >= 0.3 is 5.97 Å². The Bertz CT molecular complexity index is 339. The van der Waals surface area contributed by atoms with Crippen LogP contribution < -0.4 is 0 Å². The van der Waals surface area contributed by atoms with Crippen LogP contribution in [0, 0.1) is 11.8 Å². The lowest BCUT2D eigenvalue weighted by molar-refractivity contribution is -0.141. The van der Waals surface area contributed by atoms with E-state index >= 15 is 0 Å². The zero-order valence-corrected chi connectivity index (χ0v) is 11.5. The molecular weight excluding hydrogens is 244 g/mol. The van der Waals surface area contributed by atoms with E-state index in [2.05, 4.69) is 6.92 Å². The minimum Gasteiger partial charge on any atom is -0.462 e. The summed E-state index contributed by atoms with van der Waals surface area (Å²) < 4.78 is 5.18. The molecule has 1 aliphatic heterocycles. The van der Waals surface area contributed by atoms with Gasteiger partial charge in [0.2, 0.25) is 0 Å². The van der Waals surface area contributed by atoms with Crippen molar-refractivity contribution in [3.8, 4) is 0 Å². The van der Waals surface area contributed by atoms with Crippen molar-refractivity contribution < 1.29 is 19.7 Å². The van der Waals surface area contributed by atoms with E-state index in [1.54, 1.807) is 6.08 Å². The van der Waals surface area contributed by atoms with Crippen LogP contribution in [0.3, 0.4) is 0 Å². The van der Waals surface area contributed by atoms with Crippen LogP contribution in [0.5, 0.6) is 0 Å². The van der Waals surface area contributed by atoms with Gasteiger partial charge in [0.25, 0.3) is 0 Å². The molecule has 0 bridgehead atoms. The predicted octanol–water partition coefficient (Wildman–Crippen LogP) is 1.80. The third kappa shape index (κ3) is 3.57. The molecule has 0 radical (unpaired) electrons. The van der Waals surface area contributed by atoms with Crippen molar-refractivity contribution in [2.75, 3.05) is 0 Å². The summed E-state index contributed by atoms with van der Waals surface area (Å²) in [6.45, 7) is 2.13. The fourth-order valence-electron chi connectivity index (χ4n) is 3.14. The molecule has 4 heteroatoms. The fourth-order valence-corrected chi connectivity index (χ4v) is 3.14. The highest BCUT2D eigenvalue weighted by Gasteiger charge is 2.48. The summed E-state index contributed by atoms with van der Waals surface area (Å²) in [6.07, 6.45) is 7.58. The number of unbranched alkanes of at least 4 members (excludes halogenated alkanes) is 2. The van der Waals surface area contributed by atoms with Crippen molar-refractivity contribution in [3.63, 3.8) is 0 Å². The molecule has 1 saturated heterocycles. The van der Waals surface area contributed by atoms with E-state index in [0.29, 0.717) is 12.8 Å². The van der Waals surface area contributed by atoms with Gasteiger partial charge in [-0.15, -0.1) is 0 Å². The summed E-state index contributed by atoms with van der Waals surface area (Å²) in [5, 5.41) is 19.8. The number of hydrogen-bond acceptors (Lipinski definition) is 4. The number of ether oxygens (including phenoxy) is 1. The Morgan fingerprint density at radius 1 is 1.47 bits per heavy atom. The smallest absolute Gasteiger partial charge is 0.306 e. The molecule has 0 aromatic rings. The number of aliphatic hydroxyl groups is 2. The molecule has 2 aliphatic rings. The van der Waals surface area contributed by atoms with Crippen molar-refractivity contribution in [1.29, 1.82) is 0 Å². The second-order valence-corrected chi connectivity index (χ2v) is 5.72. The topological polar surface area (TPSA) is 66.8 Å². The quantitative estimate of drug-likeness (QED) is 0.438. The van der Waals surface area contributed by atoms with E-state index in [1.165, 1.54) is 0 Å². The lowest BCUT2D eigenvalue weighted by atomic mass is 9.91. The van der Waals surface area contributed by atoms with Gasteiger partial charge < -0.3 is 14.9 Å². The van der Waals surface area contributed by atoms with E-state index in [4.69, 9.17) is 4.74 Å². The molecule has 19 heavy (non-hydrogen) atoms. The maximum atomic E-state index is 11.2. The largest absolute Gasteiger partial charge is 0.462 e. The minimum atomic E-state index is -0.456. The molecule has 2 N–H and O–H groups in total. The van der Waals surface area contributed by atoms with Crippen LogP contribution in [0.15, 0.2) is 12.2 Å². The molecule has 0 spiro atoms. The van der Waals surface area contributed by atoms with Gasteiger partial charge in [-0.3, -0.25) is 4.79 Å². The van der Waals surface area contributed by atoms with Crippen molar-refractivity contribution in [3.05, 3.63) is 12.2 Å². The number of aliphatic hydroxyl groups excluding tert-OH is 2. The number of carbonyl (C=O) groups excluding carboxylic acids is 1. The van der Waals surface area contributed by atoms with Gasteiger partial charge in [-0.25, -0.2) is 0 Å². The molecule has 1 aliphatic carbocycles. The zero-order valence-electron chi connectivity index (χ0n) is 11.5. The Balaban J connectivity index is 1.85. The third-order valence-corrected chi connectivity index (χ3v) is 4.23. The van der Waals surface area contributed by atoms with Crippen molar-refractivity contribution in [2.45, 2.75) is 63.8 Å². The number of carbonyl (C=O) groups is 1. The number of rotatable bonds is 6. The first-order valence-corrected chi connectivity index (χ1v) is 7.35. The van der Waals surface area contributed by atoms with Crippen molar-refractivity contribution >= 4 is 5.97 Å². The van der Waals surface area contributed by atoms with Crippen LogP contribution in [0.2, 0.25) is 0 Å². The first-order valence-electron chi connectivity index (χ1n) is 7.35. The van der Waals surface area contributed by atoms with Crippen LogP contribution in [0.1, 0.15) is 45.4 Å². The summed E-state index contributed by atoms with van der Waals surface area (Å²) >= 11 is 0. The molecule has 5 atom stereocenters. The average Bonchev–Trinajstić information content (AvgIpc) is 2.82. The van der Waals surface area contributed by atoms with Crippen LogP contribution in [-0.2, 0) is 9.53 Å². The summed E-state index contributed by atoms with van der Waals surface area (Å²) in [7, 11) is 0. The third-order valence-electron chi connectivity index (χ3n) is 4.23. The standard InChI is InChI=1S/C15H24O4/c1-2-3-4-5-10(16)6-7-11-12-8-15(18)19-14(12)9-13(11)17/h6-7,10-14,16-17H,2-5,8-9H2,1H3/b7-6+/t10-,11-,12+,13+,14-/m0/s1. The van der Waals surface area contributed by atoms with Crippen LogP contribution in [0.4, 0.5) is 0 Å². The molecule has 2 fully saturated rings. The maximum absolute atomic E-state index is 11.2. The van der Waals surface area contributed by atoms with Crippen LogP contribution in [-0.4, -0.2) is 34.5 Å². The predicted molar refractivity (Wildman–Crippen MR) is 71.4 cm³/mol. The summed E-state index contributed by atoms with van der Waals surface area (Å²) in [4.78, 5) is 11.2. The highest BCUT2D eigenvalue weighted by atomic mass is 16.6. The van der Waals surface area contributed by atoms with Gasteiger partial charge in [0, 0.05) is 18.3 Å². The molecule has 0 aromatic heterocycles. The monoisotopic (exact) mass is 268 g/mol. The molecule has 108 valence electrons. The van der Waals surface area contributed by atoms with Crippen molar-refractivity contribution in [2.24, 2.45) is 11.8 Å². The van der Waals surface area contributed by atoms with E-state index < -0.39 is 12.2 Å². The second kappa shape index (κ2) is 6.53. The normalized spacial score (nSPS) is 35.6. The van der Waals surface area contributed by atoms with Gasteiger partial charge in [-0.05, 0) is 6.42 Å². The molecule has 4 nitrogen and oxygen atoms in total. The minimum absolute atomic E-state index is 0.0581. The Morgan fingerprint density at radius 2 is 2.26 bits per heavy atom. The van der Waals surface area contributed by atoms with Gasteiger partial charge in [0.05, 0.1) is 18.6 Å². The average molecular weight is 268 g/mol. The summed E-state index contributed by atoms with van der Waals surface area (Å²) in [6, 6.07) is 0. The maximum Gasteiger partial charge on any atom is 0.306 e. The Morgan fingerprint density at radius 3 is 3.00 bits per heavy atom. The highest BCUT2D eigenvalue weighted by molar-refractivity contribution is 5.72. The molecule has 1 saturated carbocycles. The van der Waals surface area contributed by atoms with Gasteiger partial charge in [-0.2, -0.15) is 0 Å². The first kappa shape index (κ1) is 14.5. The molecule has 1 heterocycles. The first-order chi connectivity index (χ1) is 9.11. The highest BCUT2D eigenvalue weighted by Crippen LogP contribution is 2.42. The Kier molecular flexibility index (Phi) is 4.99. The molecule has 0 amide bonds. The zero-order chi connectivity index (χ0) is 13.8. The molecule has 0 aromatic carbocycles. The van der Waals surface area contributed by atoms with Gasteiger partial charge in [0.15, 0.2) is 0 Å². The lowest BCUT2D eigenvalue weighted by Gasteiger charge is -2.15. The number of fused-ring (bicyclic) bond motifs is 1. The summed E-state index contributed by atoms with van der Waals surface area (Å²) in [5.41, 5.74) is 0. The van der Waals surface area contributed by atoms with Crippen molar-refractivity contribution in [1.82, 2.24) is 0 Å². The van der Waals surface area contributed by atoms with Gasteiger partial charge in [0.1, 0.15) is 6.10 Å². The Hall–Kier alpha value is -0.870. The number of esters is 1. The lowest BCUT2D eigenvalue weighted by Crippen LogP contribution is -2.18. The van der Waals surface area contributed by atoms with Crippen LogP contribution >= 0.6 is 0 Å². The fraction of sp³-hybridized carbons (Fsp3) is 0.800. The number of hydrogen-bond donors (Lipinski definition) is 2. The van der Waals surface area contributed by atoms with E-state index in [0.717, 1.165) is 25.7 Å². The summed E-state index contributed by atoms with van der Waals surface area (Å²) in [5.74, 6) is -0.136. The van der Waals surface area contributed by atoms with E-state index in [1.807, 2.05) is 6.08 Å². The second-order valence-electron chi connectivity index (χ2n) is 5.72. The molecule has 2 rings (SSSR count). The van der Waals surface area contributed by atoms with Crippen LogP contribution in [0.25, 0.3) is 0 Å². The van der Waals surface area contributed by atoms with E-state index in [9.17, 15) is 15.0 Å². The van der Waals surface area contributed by atoms with E-state index in [-0.39, 0.29) is 23.9 Å². The Labute approximate surface area is 114 Å². The molecular formula is C15H24O4. The SMILES string of the molecule is CCCCC[C@H](O)/C=C/[C@H]1[C@H]2CC(=O)O[C@H]2C[C@H]1O.